The Morgan fingerprint density at radius 2 is 1.00 bits per heavy atom. The maximum absolute atomic E-state index is 3.29. The van der Waals surface area contributed by atoms with E-state index in [-0.39, 0.29) is 50.7 Å². The van der Waals surface area contributed by atoms with Crippen molar-refractivity contribution < 1.29 is 25.8 Å². The van der Waals surface area contributed by atoms with Crippen LogP contribution in [0.4, 0.5) is 0 Å². The van der Waals surface area contributed by atoms with E-state index in [4.69, 9.17) is 0 Å². The maximum atomic E-state index is 3.29. The monoisotopic (exact) mass is 525 g/mol. The van der Waals surface area contributed by atoms with Crippen molar-refractivity contribution in [2.24, 2.45) is 11.8 Å². The first-order chi connectivity index (χ1) is 8.81. The number of hydrogen-bond acceptors (Lipinski definition) is 0. The van der Waals surface area contributed by atoms with Crippen molar-refractivity contribution in [2.75, 3.05) is 0 Å². The van der Waals surface area contributed by atoms with E-state index in [1.807, 2.05) is 0 Å². The molecule has 0 aromatic rings. The Morgan fingerprint density at radius 3 is 1.05 bits per heavy atom. The Hall–Kier alpha value is 0.627. The Bertz CT molecular complexity index is 335. The number of rotatable bonds is 0. The van der Waals surface area contributed by atoms with E-state index < -0.39 is 0 Å². The van der Waals surface area contributed by atoms with Crippen molar-refractivity contribution in [1.29, 1.82) is 0 Å². The third-order valence-corrected chi connectivity index (χ3v) is 3.07. The average Bonchev–Trinajstić information content (AvgIpc) is 2.72. The summed E-state index contributed by atoms with van der Waals surface area (Å²) in [4.78, 5) is 0. The van der Waals surface area contributed by atoms with E-state index in [2.05, 4.69) is 78.9 Å². The second-order valence-corrected chi connectivity index (χ2v) is 6.55. The van der Waals surface area contributed by atoms with Crippen LogP contribution in [0.1, 0.15) is 41.5 Å². The molecule has 1 radical (unpaired) electrons. The molecule has 127 valence electrons. The summed E-state index contributed by atoms with van der Waals surface area (Å²) < 4.78 is 0. The van der Waals surface area contributed by atoms with E-state index in [1.165, 1.54) is 22.3 Å². The van der Waals surface area contributed by atoms with E-state index in [1.54, 1.807) is 0 Å². The summed E-state index contributed by atoms with van der Waals surface area (Å²) in [5, 5.41) is 0. The Balaban J connectivity index is -0.000000112. The maximum Gasteiger partial charge on any atom is 0.0213 e. The molecule has 4 heteroatoms. The van der Waals surface area contributed by atoms with E-state index in [0.29, 0.717) is 11.8 Å². The molecule has 0 aromatic carbocycles. The molecular weight excluding hydrogens is 494 g/mol. The predicted octanol–water partition coefficient (Wildman–Crippen LogP) is 6.02. The topological polar surface area (TPSA) is 0 Å². The molecule has 0 bridgehead atoms. The molecule has 0 amide bonds. The third kappa shape index (κ3) is 13.1. The molecule has 2 aliphatic carbocycles. The van der Waals surface area contributed by atoms with Crippen LogP contribution in [0, 0.1) is 24.0 Å². The molecule has 2 rings (SSSR count). The van der Waals surface area contributed by atoms with Crippen LogP contribution in [0.25, 0.3) is 0 Å². The largest absolute Gasteiger partial charge is 0.266 e. The van der Waals surface area contributed by atoms with Crippen molar-refractivity contribution in [3.05, 3.63) is 46.6 Å². The first-order valence-corrected chi connectivity index (χ1v) is 9.44. The zero-order chi connectivity index (χ0) is 15.0. The van der Waals surface area contributed by atoms with Crippen LogP contribution in [0.3, 0.4) is 0 Å². The van der Waals surface area contributed by atoms with Crippen molar-refractivity contribution in [3.63, 3.8) is 0 Å². The number of halogens is 2. The van der Waals surface area contributed by atoms with Gasteiger partial charge in [0.1, 0.15) is 0 Å². The minimum atomic E-state index is 0. The number of allylic oxidation sites excluding steroid dienone is 8. The molecule has 0 spiro atoms. The molecule has 0 aromatic heterocycles. The van der Waals surface area contributed by atoms with Gasteiger partial charge in [0.05, 0.1) is 0 Å². The standard InChI is InChI=1S/2C8H11.C2H7Si.2ClH.Hf/c2*1-6-4-7(2)8(3)5-6;1-3-2;;;/h2*4,6H,1-3H3;3H,1-2H3;2*1H;/q2*-1;;;;. The third-order valence-electron chi connectivity index (χ3n) is 3.07. The molecule has 22 heavy (non-hydrogen) atoms. The SMILES string of the molecule is CC1=[C-]C(C)C=C1C.CC1=[C-]C(C)C=C1C.C[SiH]C.Cl.Cl.[Hf]. The van der Waals surface area contributed by atoms with Gasteiger partial charge in [0.2, 0.25) is 0 Å². The molecular formula is C18H31Cl2HfSi-2. The van der Waals surface area contributed by atoms with Crippen molar-refractivity contribution >= 4 is 34.3 Å². The van der Waals surface area contributed by atoms with Gasteiger partial charge in [-0.25, -0.2) is 22.3 Å². The Morgan fingerprint density at radius 1 is 0.773 bits per heavy atom. The fraction of sp³-hybridized carbons (Fsp3) is 0.556. The quantitative estimate of drug-likeness (QED) is 0.268. The van der Waals surface area contributed by atoms with Crippen LogP contribution >= 0.6 is 24.8 Å². The summed E-state index contributed by atoms with van der Waals surface area (Å²) in [6, 6.07) is 0. The summed E-state index contributed by atoms with van der Waals surface area (Å²) in [6.07, 6.45) is 11.0. The van der Waals surface area contributed by atoms with Gasteiger partial charge < -0.3 is 0 Å². The van der Waals surface area contributed by atoms with Gasteiger partial charge in [-0.1, -0.05) is 52.6 Å². The average molecular weight is 525 g/mol. The van der Waals surface area contributed by atoms with Gasteiger partial charge >= 0.3 is 0 Å². The predicted molar refractivity (Wildman–Crippen MR) is 104 cm³/mol. The van der Waals surface area contributed by atoms with Crippen LogP contribution in [0.15, 0.2) is 34.4 Å². The molecule has 0 saturated heterocycles. The molecule has 0 N–H and O–H groups in total. The van der Waals surface area contributed by atoms with Crippen LogP contribution in [0.2, 0.25) is 13.1 Å². The van der Waals surface area contributed by atoms with Gasteiger partial charge in [-0.2, -0.15) is 12.2 Å². The molecule has 0 fully saturated rings. The van der Waals surface area contributed by atoms with Crippen LogP contribution in [0.5, 0.6) is 0 Å². The second kappa shape index (κ2) is 16.5. The second-order valence-electron chi connectivity index (χ2n) is 5.39. The zero-order valence-electron chi connectivity index (χ0n) is 15.2. The molecule has 0 nitrogen and oxygen atoms in total. The molecule has 2 atom stereocenters. The van der Waals surface area contributed by atoms with Crippen LogP contribution in [-0.2, 0) is 25.8 Å². The van der Waals surface area contributed by atoms with Crippen molar-refractivity contribution in [3.8, 4) is 0 Å². The molecule has 2 aliphatic rings. The molecule has 2 unspecified atom stereocenters. The first-order valence-electron chi connectivity index (χ1n) is 7.13. The molecule has 0 aliphatic heterocycles. The van der Waals surface area contributed by atoms with Crippen molar-refractivity contribution in [2.45, 2.75) is 54.6 Å². The van der Waals surface area contributed by atoms with E-state index in [0.717, 1.165) is 9.52 Å². The fourth-order valence-corrected chi connectivity index (χ4v) is 1.99. The fourth-order valence-electron chi connectivity index (χ4n) is 1.99. The van der Waals surface area contributed by atoms with Gasteiger partial charge in [0.15, 0.2) is 0 Å². The Kier molecular flexibility index (Phi) is 22.9. The van der Waals surface area contributed by atoms with E-state index in [9.17, 15) is 0 Å². The van der Waals surface area contributed by atoms with Gasteiger partial charge in [0, 0.05) is 35.4 Å². The van der Waals surface area contributed by atoms with Gasteiger partial charge in [-0.15, -0.1) is 38.7 Å². The van der Waals surface area contributed by atoms with Gasteiger partial charge in [0.25, 0.3) is 0 Å². The van der Waals surface area contributed by atoms with E-state index >= 15 is 0 Å². The summed E-state index contributed by atoms with van der Waals surface area (Å²) in [7, 11) is 0.750. The first kappa shape index (κ1) is 30.5. The minimum absolute atomic E-state index is 0. The van der Waals surface area contributed by atoms with Gasteiger partial charge in [-0.05, 0) is 0 Å². The minimum Gasteiger partial charge on any atom is -0.266 e. The van der Waals surface area contributed by atoms with Crippen LogP contribution < -0.4 is 0 Å². The summed E-state index contributed by atoms with van der Waals surface area (Å²) >= 11 is 0. The summed E-state index contributed by atoms with van der Waals surface area (Å²) in [5.74, 6) is 1.10. The molecule has 0 saturated carbocycles. The summed E-state index contributed by atoms with van der Waals surface area (Å²) in [5.41, 5.74) is 5.41. The normalized spacial score (nSPS) is 20.9. The zero-order valence-corrected chi connectivity index (χ0v) is 21.6. The molecule has 0 heterocycles. The summed E-state index contributed by atoms with van der Waals surface area (Å²) in [6.45, 7) is 17.2. The van der Waals surface area contributed by atoms with Gasteiger partial charge in [-0.3, -0.25) is 12.2 Å². The van der Waals surface area contributed by atoms with Crippen molar-refractivity contribution in [1.82, 2.24) is 0 Å². The van der Waals surface area contributed by atoms with Crippen LogP contribution in [-0.4, -0.2) is 9.52 Å². The smallest absolute Gasteiger partial charge is 0.0213 e. The number of hydrogen-bond donors (Lipinski definition) is 0. The Labute approximate surface area is 172 Å².